The predicted octanol–water partition coefficient (Wildman–Crippen LogP) is 1.80. The molecular weight excluding hydrogens is 474 g/mol. The van der Waals surface area contributed by atoms with E-state index in [2.05, 4.69) is 20.4 Å². The lowest BCUT2D eigenvalue weighted by Gasteiger charge is -2.36. The second-order valence-corrected chi connectivity index (χ2v) is 8.59. The zero-order chi connectivity index (χ0) is 25.2. The highest BCUT2D eigenvalue weighted by atomic mass is 19.4. The van der Waals surface area contributed by atoms with Crippen molar-refractivity contribution in [2.75, 3.05) is 36.5 Å². The van der Waals surface area contributed by atoms with E-state index in [-0.39, 0.29) is 18.6 Å². The van der Waals surface area contributed by atoms with Crippen LogP contribution in [0.5, 0.6) is 0 Å². The Hall–Kier alpha value is -3.29. The van der Waals surface area contributed by atoms with E-state index in [1.807, 2.05) is 4.90 Å². The van der Waals surface area contributed by atoms with Crippen LogP contribution in [0.15, 0.2) is 23.4 Å². The Balaban J connectivity index is 1.27. The van der Waals surface area contributed by atoms with E-state index in [4.69, 9.17) is 4.74 Å². The second kappa shape index (κ2) is 10.1. The quantitative estimate of drug-likeness (QED) is 0.555. The maximum Gasteiger partial charge on any atom is 0.423 e. The zero-order valence-corrected chi connectivity index (χ0v) is 18.9. The summed E-state index contributed by atoms with van der Waals surface area (Å²) in [5.41, 5.74) is -3.15. The van der Waals surface area contributed by atoms with Crippen LogP contribution in [-0.4, -0.2) is 75.4 Å². The molecule has 2 aromatic rings. The molecular formula is C21H25F4N7O3. The van der Waals surface area contributed by atoms with Gasteiger partial charge in [-0.2, -0.15) is 18.3 Å². The van der Waals surface area contributed by atoms with Crippen molar-refractivity contribution in [3.63, 3.8) is 0 Å². The second-order valence-electron chi connectivity index (χ2n) is 8.59. The fourth-order valence-electron chi connectivity index (χ4n) is 4.40. The molecule has 2 saturated heterocycles. The molecule has 2 aromatic heterocycles. The summed E-state index contributed by atoms with van der Waals surface area (Å²) in [5, 5.41) is 7.80. The van der Waals surface area contributed by atoms with Gasteiger partial charge < -0.3 is 19.9 Å². The van der Waals surface area contributed by atoms with E-state index in [0.29, 0.717) is 44.8 Å². The highest BCUT2D eigenvalue weighted by Gasteiger charge is 2.39. The molecule has 2 fully saturated rings. The molecule has 2 aliphatic heterocycles. The third kappa shape index (κ3) is 5.69. The summed E-state index contributed by atoms with van der Waals surface area (Å²) in [6.45, 7) is 3.33. The number of nitrogens with one attached hydrogen (secondary N) is 2. The number of likely N-dealkylation sites (tertiary alicyclic amines) is 1. The number of nitrogens with zero attached hydrogens (tertiary/aromatic N) is 5. The first-order valence-electron chi connectivity index (χ1n) is 11.2. The molecule has 0 bridgehead atoms. The van der Waals surface area contributed by atoms with Crippen LogP contribution in [-0.2, 0) is 15.7 Å². The number of halogens is 4. The summed E-state index contributed by atoms with van der Waals surface area (Å²) in [5.74, 6) is -0.205. The Kier molecular flexibility index (Phi) is 7.19. The molecule has 10 nitrogen and oxygen atoms in total. The first-order valence-corrected chi connectivity index (χ1v) is 11.2. The van der Waals surface area contributed by atoms with Crippen LogP contribution in [0.3, 0.4) is 0 Å². The van der Waals surface area contributed by atoms with Crippen molar-refractivity contribution in [2.45, 2.75) is 50.6 Å². The number of alkyl halides is 3. The van der Waals surface area contributed by atoms with E-state index in [0.717, 1.165) is 18.6 Å². The van der Waals surface area contributed by atoms with Crippen LogP contribution < -0.4 is 15.8 Å². The number of carbonyl (C=O) groups is 1. The van der Waals surface area contributed by atoms with Gasteiger partial charge in [-0.05, 0) is 19.8 Å². The van der Waals surface area contributed by atoms with Gasteiger partial charge in [0.25, 0.3) is 11.5 Å². The first kappa shape index (κ1) is 24.8. The molecule has 0 radical (unpaired) electrons. The third-order valence-corrected chi connectivity index (χ3v) is 6.07. The van der Waals surface area contributed by atoms with Crippen LogP contribution in [0.2, 0.25) is 0 Å². The molecule has 190 valence electrons. The Morgan fingerprint density at radius 3 is 2.49 bits per heavy atom. The van der Waals surface area contributed by atoms with Gasteiger partial charge in [0.2, 0.25) is 5.95 Å². The minimum Gasteiger partial charge on any atom is -0.378 e. The Labute approximate surface area is 197 Å². The number of piperidine rings is 1. The zero-order valence-electron chi connectivity index (χ0n) is 18.9. The van der Waals surface area contributed by atoms with E-state index < -0.39 is 40.9 Å². The molecule has 2 atom stereocenters. The van der Waals surface area contributed by atoms with Gasteiger partial charge in [-0.3, -0.25) is 9.59 Å². The van der Waals surface area contributed by atoms with Crippen LogP contribution in [0.25, 0.3) is 0 Å². The molecule has 0 aliphatic carbocycles. The maximum absolute atomic E-state index is 13.2. The molecule has 0 spiro atoms. The molecule has 0 aromatic carbocycles. The fourth-order valence-corrected chi connectivity index (χ4v) is 4.40. The average Bonchev–Trinajstić information content (AvgIpc) is 3.18. The SMILES string of the molecule is CC(CO[C@@H]1CCN(C2CCN(c3ncc(F)cn3)CC2)C1=O)Nc1cn[nH]c(=O)c1C(F)(F)F. The van der Waals surface area contributed by atoms with Crippen molar-refractivity contribution < 1.29 is 27.1 Å². The fraction of sp³-hybridized carbons (Fsp3) is 0.571. The molecule has 1 amide bonds. The molecule has 2 aliphatic rings. The summed E-state index contributed by atoms with van der Waals surface area (Å²) in [6, 6.07) is -0.583. The molecule has 1 unspecified atom stereocenters. The number of hydrogen-bond donors (Lipinski definition) is 2. The number of aromatic amines is 1. The minimum atomic E-state index is -4.85. The van der Waals surface area contributed by atoms with Crippen molar-refractivity contribution in [2.24, 2.45) is 0 Å². The van der Waals surface area contributed by atoms with E-state index in [9.17, 15) is 27.2 Å². The van der Waals surface area contributed by atoms with E-state index >= 15 is 0 Å². The number of ether oxygens (including phenoxy) is 1. The molecule has 0 saturated carbocycles. The summed E-state index contributed by atoms with van der Waals surface area (Å²) in [6.07, 6.45) is -0.518. The highest BCUT2D eigenvalue weighted by Crippen LogP contribution is 2.32. The minimum absolute atomic E-state index is 0.0276. The smallest absolute Gasteiger partial charge is 0.378 e. The summed E-state index contributed by atoms with van der Waals surface area (Å²) in [7, 11) is 0. The van der Waals surface area contributed by atoms with Gasteiger partial charge in [-0.1, -0.05) is 0 Å². The Morgan fingerprint density at radius 2 is 1.83 bits per heavy atom. The van der Waals surface area contributed by atoms with Crippen molar-refractivity contribution in [1.29, 1.82) is 0 Å². The molecule has 35 heavy (non-hydrogen) atoms. The van der Waals surface area contributed by atoms with Gasteiger partial charge in [0.1, 0.15) is 11.7 Å². The van der Waals surface area contributed by atoms with Crippen molar-refractivity contribution in [1.82, 2.24) is 25.1 Å². The van der Waals surface area contributed by atoms with Crippen LogP contribution in [0, 0.1) is 5.82 Å². The van der Waals surface area contributed by atoms with Crippen LogP contribution in [0.4, 0.5) is 29.2 Å². The Bertz CT molecular complexity index is 1090. The van der Waals surface area contributed by atoms with Crippen LogP contribution >= 0.6 is 0 Å². The lowest BCUT2D eigenvalue weighted by Crippen LogP contribution is -2.47. The van der Waals surface area contributed by atoms with E-state index in [1.165, 1.54) is 0 Å². The Morgan fingerprint density at radius 1 is 1.14 bits per heavy atom. The topological polar surface area (TPSA) is 116 Å². The molecule has 2 N–H and O–H groups in total. The lowest BCUT2D eigenvalue weighted by atomic mass is 10.0. The van der Waals surface area contributed by atoms with Gasteiger partial charge in [0.05, 0.1) is 30.9 Å². The van der Waals surface area contributed by atoms with Gasteiger partial charge in [-0.25, -0.2) is 19.5 Å². The standard InChI is InChI=1S/C21H25F4N7O3/c1-12(29-15-10-28-30-18(33)17(15)21(23,24)25)11-35-16-4-7-32(19(16)34)14-2-5-31(6-3-14)20-26-8-13(22)9-27-20/h8-10,12,14,16H,2-7,11H2,1H3,(H2,29,30,33)/t12?,16-/m1/s1. The average molecular weight is 499 g/mol. The van der Waals surface area contributed by atoms with Crippen LogP contribution in [0.1, 0.15) is 31.7 Å². The van der Waals surface area contributed by atoms with Crippen molar-refractivity contribution >= 4 is 17.5 Å². The number of H-pyrrole nitrogens is 1. The number of amides is 1. The normalized spacial score (nSPS) is 20.4. The summed E-state index contributed by atoms with van der Waals surface area (Å²) < 4.78 is 58.4. The summed E-state index contributed by atoms with van der Waals surface area (Å²) in [4.78, 5) is 36.2. The third-order valence-electron chi connectivity index (χ3n) is 6.07. The summed E-state index contributed by atoms with van der Waals surface area (Å²) >= 11 is 0. The van der Waals surface area contributed by atoms with Gasteiger partial charge >= 0.3 is 6.18 Å². The van der Waals surface area contributed by atoms with Gasteiger partial charge in [0.15, 0.2) is 5.82 Å². The van der Waals surface area contributed by atoms with Crippen molar-refractivity contribution in [3.8, 4) is 0 Å². The predicted molar refractivity (Wildman–Crippen MR) is 116 cm³/mol. The lowest BCUT2D eigenvalue weighted by molar-refractivity contribution is -0.139. The number of aromatic nitrogens is 4. The number of hydrogen-bond acceptors (Lipinski definition) is 8. The van der Waals surface area contributed by atoms with Crippen molar-refractivity contribution in [3.05, 3.63) is 40.3 Å². The highest BCUT2D eigenvalue weighted by molar-refractivity contribution is 5.83. The molecule has 4 rings (SSSR count). The maximum atomic E-state index is 13.2. The molecule has 14 heteroatoms. The van der Waals surface area contributed by atoms with E-state index in [1.54, 1.807) is 16.9 Å². The first-order chi connectivity index (χ1) is 16.6. The number of anilines is 2. The largest absolute Gasteiger partial charge is 0.423 e. The number of carbonyl (C=O) groups excluding carboxylic acids is 1. The number of rotatable bonds is 7. The molecule has 4 heterocycles. The monoisotopic (exact) mass is 499 g/mol. The van der Waals surface area contributed by atoms with Gasteiger partial charge in [0, 0.05) is 38.1 Å². The van der Waals surface area contributed by atoms with Gasteiger partial charge in [-0.15, -0.1) is 0 Å².